The van der Waals surface area contributed by atoms with E-state index in [0.717, 1.165) is 0 Å². The molecule has 0 nitrogen and oxygen atoms in total. The lowest BCUT2D eigenvalue weighted by atomic mass is 10.2. The molecule has 0 aliphatic carbocycles. The molecular formula is C12H29Si2. The van der Waals surface area contributed by atoms with E-state index in [1.54, 1.807) is 5.67 Å². The first-order valence-electron chi connectivity index (χ1n) is 5.71. The molecule has 0 aromatic rings. The SMILES string of the molecule is CC(C)(C)[Si](C[Si](C)(C)C)C(C)(C)C. The fourth-order valence-electron chi connectivity index (χ4n) is 2.19. The van der Waals surface area contributed by atoms with E-state index in [0.29, 0.717) is 10.1 Å². The van der Waals surface area contributed by atoms with Crippen LogP contribution >= 0.6 is 0 Å². The lowest BCUT2D eigenvalue weighted by Gasteiger charge is -2.42. The fourth-order valence-corrected chi connectivity index (χ4v) is 12.9. The third kappa shape index (κ3) is 5.35. The standard InChI is InChI=1S/C12H29Si2/c1-11(2,3)13(12(4,5)6)10-14(7,8)9/h10H2,1-9H3. The highest BCUT2D eigenvalue weighted by Gasteiger charge is 2.39. The Hall–Kier alpha value is 0.434. The zero-order chi connectivity index (χ0) is 11.8. The van der Waals surface area contributed by atoms with Crippen molar-refractivity contribution in [3.05, 3.63) is 0 Å². The van der Waals surface area contributed by atoms with Gasteiger partial charge in [0, 0.05) is 8.07 Å². The summed E-state index contributed by atoms with van der Waals surface area (Å²) >= 11 is 0. The van der Waals surface area contributed by atoms with E-state index < -0.39 is 8.07 Å². The predicted molar refractivity (Wildman–Crippen MR) is 73.3 cm³/mol. The lowest BCUT2D eigenvalue weighted by Crippen LogP contribution is -2.41. The lowest BCUT2D eigenvalue weighted by molar-refractivity contribution is 0.643. The van der Waals surface area contributed by atoms with Crippen LogP contribution in [0, 0.1) is 0 Å². The second kappa shape index (κ2) is 4.13. The van der Waals surface area contributed by atoms with Crippen LogP contribution in [0.25, 0.3) is 0 Å². The fraction of sp³-hybridized carbons (Fsp3) is 1.00. The first-order valence-corrected chi connectivity index (χ1v) is 11.1. The van der Waals surface area contributed by atoms with Gasteiger partial charge in [0.2, 0.25) is 0 Å². The first-order chi connectivity index (χ1) is 5.84. The summed E-state index contributed by atoms with van der Waals surface area (Å²) in [4.78, 5) is 0. The maximum absolute atomic E-state index is 2.51. The van der Waals surface area contributed by atoms with E-state index >= 15 is 0 Å². The van der Waals surface area contributed by atoms with Gasteiger partial charge >= 0.3 is 0 Å². The largest absolute Gasteiger partial charge is 0.0698 e. The molecule has 0 saturated heterocycles. The van der Waals surface area contributed by atoms with E-state index in [-0.39, 0.29) is 8.80 Å². The quantitative estimate of drug-likeness (QED) is 0.587. The molecule has 0 fully saturated rings. The van der Waals surface area contributed by atoms with Crippen molar-refractivity contribution in [2.24, 2.45) is 0 Å². The van der Waals surface area contributed by atoms with Crippen LogP contribution in [0.15, 0.2) is 0 Å². The molecular weight excluding hydrogens is 200 g/mol. The molecule has 2 heteroatoms. The molecule has 0 rings (SSSR count). The minimum absolute atomic E-state index is 0.271. The normalized spacial score (nSPS) is 15.0. The Morgan fingerprint density at radius 1 is 0.786 bits per heavy atom. The summed E-state index contributed by atoms with van der Waals surface area (Å²) in [7, 11) is -1.17. The molecule has 0 aromatic heterocycles. The van der Waals surface area contributed by atoms with Crippen molar-refractivity contribution >= 4 is 16.9 Å². The van der Waals surface area contributed by atoms with E-state index in [1.807, 2.05) is 0 Å². The Labute approximate surface area is 94.1 Å². The van der Waals surface area contributed by atoms with Gasteiger partial charge in [-0.25, -0.2) is 0 Å². The van der Waals surface area contributed by atoms with Crippen molar-refractivity contribution in [1.29, 1.82) is 0 Å². The van der Waals surface area contributed by atoms with Crippen molar-refractivity contribution in [2.75, 3.05) is 0 Å². The summed E-state index contributed by atoms with van der Waals surface area (Å²) in [6.07, 6.45) is 0. The summed E-state index contributed by atoms with van der Waals surface area (Å²) in [5.74, 6) is 0. The monoisotopic (exact) mass is 229 g/mol. The Balaban J connectivity index is 4.78. The van der Waals surface area contributed by atoms with Crippen molar-refractivity contribution in [3.63, 3.8) is 0 Å². The number of rotatable bonds is 2. The van der Waals surface area contributed by atoms with E-state index in [9.17, 15) is 0 Å². The van der Waals surface area contributed by atoms with Gasteiger partial charge in [-0.15, -0.1) is 0 Å². The van der Waals surface area contributed by atoms with Crippen molar-refractivity contribution in [2.45, 2.75) is 76.9 Å². The molecule has 0 aliphatic rings. The van der Waals surface area contributed by atoms with Crippen LogP contribution in [-0.4, -0.2) is 16.9 Å². The van der Waals surface area contributed by atoms with Gasteiger partial charge in [-0.2, -0.15) is 0 Å². The Morgan fingerprint density at radius 3 is 1.14 bits per heavy atom. The van der Waals surface area contributed by atoms with Crippen molar-refractivity contribution in [1.82, 2.24) is 0 Å². The molecule has 0 heterocycles. The highest BCUT2D eigenvalue weighted by Crippen LogP contribution is 2.45. The highest BCUT2D eigenvalue weighted by molar-refractivity contribution is 6.89. The molecule has 0 spiro atoms. The van der Waals surface area contributed by atoms with E-state index in [4.69, 9.17) is 0 Å². The molecule has 0 bridgehead atoms. The highest BCUT2D eigenvalue weighted by atomic mass is 28.4. The van der Waals surface area contributed by atoms with Gasteiger partial charge < -0.3 is 0 Å². The van der Waals surface area contributed by atoms with Crippen LogP contribution in [0.3, 0.4) is 0 Å². The van der Waals surface area contributed by atoms with Crippen LogP contribution in [0.4, 0.5) is 0 Å². The Morgan fingerprint density at radius 2 is 1.07 bits per heavy atom. The third-order valence-electron chi connectivity index (χ3n) is 2.52. The van der Waals surface area contributed by atoms with Crippen molar-refractivity contribution < 1.29 is 0 Å². The first kappa shape index (κ1) is 14.4. The van der Waals surface area contributed by atoms with Gasteiger partial charge in [0.1, 0.15) is 0 Å². The average molecular weight is 230 g/mol. The molecule has 0 aliphatic heterocycles. The second-order valence-corrected chi connectivity index (χ2v) is 18.2. The molecule has 14 heavy (non-hydrogen) atoms. The van der Waals surface area contributed by atoms with Crippen LogP contribution in [0.1, 0.15) is 41.5 Å². The zero-order valence-corrected chi connectivity index (χ0v) is 13.7. The Kier molecular flexibility index (Phi) is 4.25. The molecule has 0 N–H and O–H groups in total. The van der Waals surface area contributed by atoms with Crippen LogP contribution in [0.5, 0.6) is 0 Å². The Bertz CT molecular complexity index is 162. The second-order valence-electron chi connectivity index (χ2n) is 7.72. The van der Waals surface area contributed by atoms with Gasteiger partial charge in [-0.1, -0.05) is 66.9 Å². The van der Waals surface area contributed by atoms with E-state index in [1.165, 1.54) is 0 Å². The molecule has 0 saturated carbocycles. The number of hydrogen-bond acceptors (Lipinski definition) is 0. The molecule has 0 aromatic carbocycles. The summed E-state index contributed by atoms with van der Waals surface area (Å²) in [6.45, 7) is 22.2. The van der Waals surface area contributed by atoms with E-state index in [2.05, 4.69) is 61.2 Å². The zero-order valence-electron chi connectivity index (χ0n) is 11.7. The smallest absolute Gasteiger partial charge is 0.0566 e. The average Bonchev–Trinajstić information content (AvgIpc) is 1.75. The molecule has 1 radical (unpaired) electrons. The van der Waals surface area contributed by atoms with Crippen LogP contribution in [0.2, 0.25) is 35.4 Å². The van der Waals surface area contributed by atoms with Gasteiger partial charge in [0.15, 0.2) is 0 Å². The maximum atomic E-state index is 2.51. The topological polar surface area (TPSA) is 0 Å². The molecule has 0 amide bonds. The van der Waals surface area contributed by atoms with Crippen LogP contribution in [-0.2, 0) is 0 Å². The summed E-state index contributed by atoms with van der Waals surface area (Å²) in [5.41, 5.74) is 1.55. The summed E-state index contributed by atoms with van der Waals surface area (Å²) < 4.78 is 0. The van der Waals surface area contributed by atoms with Gasteiger partial charge in [0.05, 0.1) is 8.80 Å². The van der Waals surface area contributed by atoms with Gasteiger partial charge in [-0.05, 0) is 10.1 Å². The predicted octanol–water partition coefficient (Wildman–Crippen LogP) is 4.96. The molecule has 85 valence electrons. The summed E-state index contributed by atoms with van der Waals surface area (Å²) in [5, 5.41) is 1.09. The number of hydrogen-bond donors (Lipinski definition) is 0. The van der Waals surface area contributed by atoms with Gasteiger partial charge in [-0.3, -0.25) is 0 Å². The molecule has 0 unspecified atom stereocenters. The molecule has 0 atom stereocenters. The third-order valence-corrected chi connectivity index (χ3v) is 11.8. The maximum Gasteiger partial charge on any atom is 0.0566 e. The van der Waals surface area contributed by atoms with Crippen LogP contribution < -0.4 is 0 Å². The minimum atomic E-state index is -0.895. The minimum Gasteiger partial charge on any atom is -0.0698 e. The summed E-state index contributed by atoms with van der Waals surface area (Å²) in [6, 6.07) is 0. The van der Waals surface area contributed by atoms with Crippen molar-refractivity contribution in [3.8, 4) is 0 Å². The van der Waals surface area contributed by atoms with Gasteiger partial charge in [0.25, 0.3) is 0 Å².